The van der Waals surface area contributed by atoms with Crippen molar-refractivity contribution in [1.82, 2.24) is 0 Å². The van der Waals surface area contributed by atoms with Gasteiger partial charge >= 0.3 is 11.9 Å². The summed E-state index contributed by atoms with van der Waals surface area (Å²) in [6.45, 7) is 5.01. The fourth-order valence-corrected chi connectivity index (χ4v) is 1.42. The van der Waals surface area contributed by atoms with Crippen LogP contribution in [0.2, 0.25) is 0 Å². The Balaban J connectivity index is 3.95. The zero-order valence-electron chi connectivity index (χ0n) is 12.8. The maximum atomic E-state index is 11.7. The molecule has 6 heteroatoms. The van der Waals surface area contributed by atoms with Gasteiger partial charge in [-0.2, -0.15) is 0 Å². The molecule has 0 aromatic rings. The summed E-state index contributed by atoms with van der Waals surface area (Å²) in [5.41, 5.74) is 0. The van der Waals surface area contributed by atoms with Gasteiger partial charge in [0.1, 0.15) is 0 Å². The molecule has 0 aliphatic carbocycles. The Morgan fingerprint density at radius 2 is 1.10 bits per heavy atom. The van der Waals surface area contributed by atoms with Gasteiger partial charge in [0.15, 0.2) is 0 Å². The van der Waals surface area contributed by atoms with Gasteiger partial charge in [0.05, 0.1) is 25.0 Å². The zero-order chi connectivity index (χ0) is 15.4. The molecule has 0 radical (unpaired) electrons. The van der Waals surface area contributed by atoms with Crippen molar-refractivity contribution in [2.45, 2.75) is 26.7 Å². The lowest BCUT2D eigenvalue weighted by Gasteiger charge is -2.17. The highest BCUT2D eigenvalue weighted by Crippen LogP contribution is 2.15. The van der Waals surface area contributed by atoms with Gasteiger partial charge in [-0.15, -0.1) is 0 Å². The first kappa shape index (κ1) is 18.9. The number of rotatable bonds is 11. The van der Waals surface area contributed by atoms with Crippen LogP contribution < -0.4 is 0 Å². The monoisotopic (exact) mass is 290 g/mol. The number of ether oxygens (including phenoxy) is 4. The minimum atomic E-state index is -0.521. The minimum Gasteiger partial charge on any atom is -0.465 e. The largest absolute Gasteiger partial charge is 0.465 e. The Morgan fingerprint density at radius 3 is 1.40 bits per heavy atom. The molecule has 20 heavy (non-hydrogen) atoms. The van der Waals surface area contributed by atoms with Crippen LogP contribution in [0.3, 0.4) is 0 Å². The van der Waals surface area contributed by atoms with Crippen LogP contribution in [-0.2, 0) is 28.5 Å². The lowest BCUT2D eigenvalue weighted by molar-refractivity contribution is -0.159. The Kier molecular flexibility index (Phi) is 11.0. The molecule has 0 heterocycles. The third-order valence-electron chi connectivity index (χ3n) is 2.97. The van der Waals surface area contributed by atoms with Crippen molar-refractivity contribution < 1.29 is 28.5 Å². The molecule has 2 unspecified atom stereocenters. The Morgan fingerprint density at radius 1 is 0.750 bits per heavy atom. The summed E-state index contributed by atoms with van der Waals surface area (Å²) < 4.78 is 19.9. The van der Waals surface area contributed by atoms with Crippen LogP contribution in [0.1, 0.15) is 26.7 Å². The SMILES string of the molecule is COCCCOC(=O)C(C)C(C)C(=O)OCCCOC. The number of hydrogen-bond donors (Lipinski definition) is 0. The number of carbonyl (C=O) groups excluding carboxylic acids is 2. The van der Waals surface area contributed by atoms with Crippen molar-refractivity contribution in [3.05, 3.63) is 0 Å². The summed E-state index contributed by atoms with van der Waals surface area (Å²) in [5.74, 6) is -1.81. The van der Waals surface area contributed by atoms with E-state index in [0.29, 0.717) is 39.3 Å². The van der Waals surface area contributed by atoms with Crippen LogP contribution in [0.4, 0.5) is 0 Å². The van der Waals surface area contributed by atoms with Crippen molar-refractivity contribution in [3.8, 4) is 0 Å². The highest BCUT2D eigenvalue weighted by Gasteiger charge is 2.28. The molecule has 0 aliphatic rings. The van der Waals surface area contributed by atoms with Gasteiger partial charge in [-0.1, -0.05) is 13.8 Å². The molecule has 0 aliphatic heterocycles. The quantitative estimate of drug-likeness (QED) is 0.423. The second-order valence-corrected chi connectivity index (χ2v) is 4.61. The van der Waals surface area contributed by atoms with Crippen LogP contribution in [0.5, 0.6) is 0 Å². The van der Waals surface area contributed by atoms with Crippen LogP contribution in [0.15, 0.2) is 0 Å². The third kappa shape index (κ3) is 8.12. The Bertz CT molecular complexity index is 251. The van der Waals surface area contributed by atoms with E-state index in [4.69, 9.17) is 18.9 Å². The second kappa shape index (κ2) is 11.7. The summed E-state index contributed by atoms with van der Waals surface area (Å²) in [6.07, 6.45) is 1.29. The molecule has 0 saturated heterocycles. The molecule has 0 amide bonds. The first-order valence-corrected chi connectivity index (χ1v) is 6.85. The molecule has 0 aromatic heterocycles. The molecule has 0 aromatic carbocycles. The smallest absolute Gasteiger partial charge is 0.309 e. The van der Waals surface area contributed by atoms with Gasteiger partial charge < -0.3 is 18.9 Å². The molecular weight excluding hydrogens is 264 g/mol. The van der Waals surface area contributed by atoms with Crippen LogP contribution >= 0.6 is 0 Å². The van der Waals surface area contributed by atoms with E-state index in [0.717, 1.165) is 0 Å². The summed E-state index contributed by atoms with van der Waals surface area (Å²) >= 11 is 0. The highest BCUT2D eigenvalue weighted by molar-refractivity contribution is 5.81. The molecule has 2 atom stereocenters. The topological polar surface area (TPSA) is 71.1 Å². The maximum Gasteiger partial charge on any atom is 0.309 e. The number of esters is 2. The average Bonchev–Trinajstić information content (AvgIpc) is 2.46. The van der Waals surface area contributed by atoms with Gasteiger partial charge in [-0.25, -0.2) is 0 Å². The third-order valence-corrected chi connectivity index (χ3v) is 2.97. The van der Waals surface area contributed by atoms with Gasteiger partial charge in [-0.3, -0.25) is 9.59 Å². The fraction of sp³-hybridized carbons (Fsp3) is 0.857. The molecule has 0 fully saturated rings. The fourth-order valence-electron chi connectivity index (χ4n) is 1.42. The van der Waals surface area contributed by atoms with Gasteiger partial charge in [0.25, 0.3) is 0 Å². The highest BCUT2D eigenvalue weighted by atomic mass is 16.5. The van der Waals surface area contributed by atoms with E-state index < -0.39 is 11.8 Å². The van der Waals surface area contributed by atoms with Crippen molar-refractivity contribution in [2.24, 2.45) is 11.8 Å². The van der Waals surface area contributed by atoms with E-state index in [1.54, 1.807) is 28.1 Å². The predicted octanol–water partition coefficient (Wildman–Crippen LogP) is 1.42. The molecule has 0 bridgehead atoms. The lowest BCUT2D eigenvalue weighted by atomic mass is 9.96. The second-order valence-electron chi connectivity index (χ2n) is 4.61. The van der Waals surface area contributed by atoms with Crippen LogP contribution in [0.25, 0.3) is 0 Å². The number of hydrogen-bond acceptors (Lipinski definition) is 6. The lowest BCUT2D eigenvalue weighted by Crippen LogP contribution is -2.29. The molecule has 118 valence electrons. The summed E-state index contributed by atoms with van der Waals surface area (Å²) in [4.78, 5) is 23.5. The summed E-state index contributed by atoms with van der Waals surface area (Å²) in [6, 6.07) is 0. The van der Waals surface area contributed by atoms with E-state index in [-0.39, 0.29) is 11.9 Å². The predicted molar refractivity (Wildman–Crippen MR) is 73.2 cm³/mol. The van der Waals surface area contributed by atoms with Gasteiger partial charge in [0.2, 0.25) is 0 Å². The molecule has 0 N–H and O–H groups in total. The first-order valence-electron chi connectivity index (χ1n) is 6.85. The van der Waals surface area contributed by atoms with E-state index in [1.807, 2.05) is 0 Å². The first-order chi connectivity index (χ1) is 9.54. The average molecular weight is 290 g/mol. The number of methoxy groups -OCH3 is 2. The normalized spacial score (nSPS) is 13.6. The Labute approximate surface area is 120 Å². The zero-order valence-corrected chi connectivity index (χ0v) is 12.8. The van der Waals surface area contributed by atoms with Gasteiger partial charge in [0, 0.05) is 40.3 Å². The number of carbonyl (C=O) groups is 2. The summed E-state index contributed by atoms with van der Waals surface area (Å²) in [7, 11) is 3.18. The molecule has 6 nitrogen and oxygen atoms in total. The molecular formula is C14H26O6. The van der Waals surface area contributed by atoms with E-state index >= 15 is 0 Å². The van der Waals surface area contributed by atoms with Crippen molar-refractivity contribution in [3.63, 3.8) is 0 Å². The van der Waals surface area contributed by atoms with Crippen LogP contribution in [0, 0.1) is 11.8 Å². The van der Waals surface area contributed by atoms with Gasteiger partial charge in [-0.05, 0) is 0 Å². The van der Waals surface area contributed by atoms with E-state index in [2.05, 4.69) is 0 Å². The molecule has 0 rings (SSSR count). The van der Waals surface area contributed by atoms with Crippen molar-refractivity contribution in [1.29, 1.82) is 0 Å². The van der Waals surface area contributed by atoms with Crippen LogP contribution in [-0.4, -0.2) is 52.6 Å². The molecule has 0 spiro atoms. The molecule has 0 saturated carbocycles. The van der Waals surface area contributed by atoms with E-state index in [9.17, 15) is 9.59 Å². The maximum absolute atomic E-state index is 11.7. The van der Waals surface area contributed by atoms with Crippen molar-refractivity contribution in [2.75, 3.05) is 40.6 Å². The standard InChI is InChI=1S/C14H26O6/c1-11(13(15)19-9-5-7-17-3)12(2)14(16)20-10-6-8-18-4/h11-12H,5-10H2,1-4H3. The Hall–Kier alpha value is -1.14. The minimum absolute atomic E-state index is 0.298. The summed E-state index contributed by atoms with van der Waals surface area (Å²) in [5, 5.41) is 0. The van der Waals surface area contributed by atoms with E-state index in [1.165, 1.54) is 0 Å². The van der Waals surface area contributed by atoms with Crippen molar-refractivity contribution >= 4 is 11.9 Å².